The fourth-order valence-corrected chi connectivity index (χ4v) is 2.16. The van der Waals surface area contributed by atoms with Crippen molar-refractivity contribution in [1.29, 1.82) is 0 Å². The average Bonchev–Trinajstić information content (AvgIpc) is 2.93. The van der Waals surface area contributed by atoms with Gasteiger partial charge in [-0.3, -0.25) is 4.68 Å². The molecule has 112 valence electrons. The first-order chi connectivity index (χ1) is 10.6. The van der Waals surface area contributed by atoms with E-state index in [9.17, 15) is 4.39 Å². The molecule has 2 aromatic heterocycles. The molecule has 0 unspecified atom stereocenters. The van der Waals surface area contributed by atoms with Crippen LogP contribution in [0.5, 0.6) is 5.88 Å². The van der Waals surface area contributed by atoms with Crippen LogP contribution < -0.4 is 4.74 Å². The van der Waals surface area contributed by atoms with Crippen LogP contribution in [0.4, 0.5) is 4.39 Å². The van der Waals surface area contributed by atoms with Gasteiger partial charge in [0.05, 0.1) is 6.20 Å². The van der Waals surface area contributed by atoms with Gasteiger partial charge in [-0.1, -0.05) is 18.2 Å². The molecule has 0 atom stereocenters. The highest BCUT2D eigenvalue weighted by Crippen LogP contribution is 2.22. The van der Waals surface area contributed by atoms with E-state index in [0.29, 0.717) is 11.4 Å². The van der Waals surface area contributed by atoms with E-state index in [2.05, 4.69) is 10.1 Å². The number of aromatic nitrogens is 3. The summed E-state index contributed by atoms with van der Waals surface area (Å²) in [6.07, 6.45) is 3.56. The minimum absolute atomic E-state index is 0.148. The Hall–Kier alpha value is -2.69. The van der Waals surface area contributed by atoms with Gasteiger partial charge in [0.1, 0.15) is 12.4 Å². The summed E-state index contributed by atoms with van der Waals surface area (Å²) in [4.78, 5) is 4.23. The van der Waals surface area contributed by atoms with Gasteiger partial charge in [-0.2, -0.15) is 5.10 Å². The summed E-state index contributed by atoms with van der Waals surface area (Å²) in [5.41, 5.74) is 3.04. The maximum absolute atomic E-state index is 14.2. The third kappa shape index (κ3) is 3.14. The molecule has 0 aliphatic rings. The summed E-state index contributed by atoms with van der Waals surface area (Å²) in [6, 6.07) is 10.6. The molecule has 0 bridgehead atoms. The Morgan fingerprint density at radius 3 is 2.73 bits per heavy atom. The number of hydrogen-bond donors (Lipinski definition) is 0. The molecule has 0 radical (unpaired) electrons. The Bertz CT molecular complexity index is 798. The van der Waals surface area contributed by atoms with Crippen LogP contribution in [-0.2, 0) is 13.7 Å². The summed E-state index contributed by atoms with van der Waals surface area (Å²) in [5.74, 6) is 0.199. The highest BCUT2D eigenvalue weighted by atomic mass is 19.1. The highest BCUT2D eigenvalue weighted by molar-refractivity contribution is 5.62. The number of ether oxygens (including phenoxy) is 1. The lowest BCUT2D eigenvalue weighted by Crippen LogP contribution is -2.00. The lowest BCUT2D eigenvalue weighted by molar-refractivity contribution is 0.287. The van der Waals surface area contributed by atoms with E-state index in [0.717, 1.165) is 16.8 Å². The highest BCUT2D eigenvalue weighted by Gasteiger charge is 2.08. The molecular weight excluding hydrogens is 281 g/mol. The summed E-state index contributed by atoms with van der Waals surface area (Å²) in [5, 5.41) is 4.09. The maximum atomic E-state index is 14.2. The first-order valence-corrected chi connectivity index (χ1v) is 6.96. The van der Waals surface area contributed by atoms with Gasteiger partial charge < -0.3 is 4.74 Å². The van der Waals surface area contributed by atoms with E-state index in [4.69, 9.17) is 4.74 Å². The van der Waals surface area contributed by atoms with Gasteiger partial charge in [0.15, 0.2) is 0 Å². The molecule has 0 saturated carbocycles. The van der Waals surface area contributed by atoms with Crippen LogP contribution in [0.15, 0.2) is 48.8 Å². The van der Waals surface area contributed by atoms with Crippen molar-refractivity contribution in [2.75, 3.05) is 0 Å². The number of hydrogen-bond acceptors (Lipinski definition) is 3. The number of rotatable bonds is 4. The minimum atomic E-state index is -0.297. The molecule has 0 saturated heterocycles. The van der Waals surface area contributed by atoms with E-state index in [1.54, 1.807) is 23.0 Å². The Balaban J connectivity index is 1.75. The number of halogens is 1. The molecule has 0 amide bonds. The van der Waals surface area contributed by atoms with Crippen molar-refractivity contribution in [1.82, 2.24) is 14.8 Å². The van der Waals surface area contributed by atoms with E-state index >= 15 is 0 Å². The van der Waals surface area contributed by atoms with Gasteiger partial charge in [-0.15, -0.1) is 0 Å². The topological polar surface area (TPSA) is 39.9 Å². The van der Waals surface area contributed by atoms with Crippen molar-refractivity contribution in [2.45, 2.75) is 13.5 Å². The summed E-state index contributed by atoms with van der Waals surface area (Å²) in [6.45, 7) is 2.03. The molecule has 0 N–H and O–H groups in total. The Morgan fingerprint density at radius 2 is 2.05 bits per heavy atom. The largest absolute Gasteiger partial charge is 0.473 e. The van der Waals surface area contributed by atoms with Gasteiger partial charge in [0, 0.05) is 36.1 Å². The fourth-order valence-electron chi connectivity index (χ4n) is 2.16. The lowest BCUT2D eigenvalue weighted by Gasteiger charge is -2.08. The lowest BCUT2D eigenvalue weighted by atomic mass is 10.1. The van der Waals surface area contributed by atoms with Crippen LogP contribution in [0.2, 0.25) is 0 Å². The molecule has 0 aliphatic heterocycles. The van der Waals surface area contributed by atoms with E-state index in [1.807, 2.05) is 38.4 Å². The zero-order valence-electron chi connectivity index (χ0n) is 12.5. The molecule has 0 aliphatic carbocycles. The Labute approximate surface area is 128 Å². The third-order valence-electron chi connectivity index (χ3n) is 3.33. The van der Waals surface area contributed by atoms with E-state index in [-0.39, 0.29) is 12.4 Å². The second-order valence-corrected chi connectivity index (χ2v) is 5.11. The third-order valence-corrected chi connectivity index (χ3v) is 3.33. The molecule has 3 rings (SSSR count). The van der Waals surface area contributed by atoms with Gasteiger partial charge in [-0.05, 0) is 24.6 Å². The van der Waals surface area contributed by atoms with Gasteiger partial charge in [0.2, 0.25) is 5.88 Å². The SMILES string of the molecule is Cc1cccc(OCc2ccc(-c3cnn(C)c3)cc2F)n1. The number of pyridine rings is 1. The average molecular weight is 297 g/mol. The maximum Gasteiger partial charge on any atom is 0.213 e. The van der Waals surface area contributed by atoms with Crippen LogP contribution in [0, 0.1) is 12.7 Å². The number of nitrogens with zero attached hydrogens (tertiary/aromatic N) is 3. The number of benzene rings is 1. The predicted molar refractivity (Wildman–Crippen MR) is 81.9 cm³/mol. The van der Waals surface area contributed by atoms with Gasteiger partial charge in [-0.25, -0.2) is 9.37 Å². The predicted octanol–water partition coefficient (Wildman–Crippen LogP) is 3.51. The normalized spacial score (nSPS) is 10.7. The fraction of sp³-hybridized carbons (Fsp3) is 0.176. The quantitative estimate of drug-likeness (QED) is 0.740. The van der Waals surface area contributed by atoms with Crippen molar-refractivity contribution in [3.8, 4) is 17.0 Å². The molecule has 0 spiro atoms. The van der Waals surface area contributed by atoms with E-state index in [1.165, 1.54) is 6.07 Å². The molecule has 2 heterocycles. The summed E-state index contributed by atoms with van der Waals surface area (Å²) < 4.78 is 21.4. The van der Waals surface area contributed by atoms with Crippen LogP contribution in [-0.4, -0.2) is 14.8 Å². The second kappa shape index (κ2) is 5.97. The summed E-state index contributed by atoms with van der Waals surface area (Å²) in [7, 11) is 1.83. The van der Waals surface area contributed by atoms with Crippen LogP contribution >= 0.6 is 0 Å². The molecule has 22 heavy (non-hydrogen) atoms. The Kier molecular flexibility index (Phi) is 3.87. The standard InChI is InChI=1S/C17H16FN3O/c1-12-4-3-5-17(20-12)22-11-14-7-6-13(8-16(14)18)15-9-19-21(2)10-15/h3-10H,11H2,1-2H3. The number of aryl methyl sites for hydroxylation is 2. The van der Waals surface area contributed by atoms with Crippen LogP contribution in [0.25, 0.3) is 11.1 Å². The summed E-state index contributed by atoms with van der Waals surface area (Å²) >= 11 is 0. The van der Waals surface area contributed by atoms with Gasteiger partial charge >= 0.3 is 0 Å². The molecule has 4 nitrogen and oxygen atoms in total. The monoisotopic (exact) mass is 297 g/mol. The van der Waals surface area contributed by atoms with Crippen molar-refractivity contribution in [2.24, 2.45) is 7.05 Å². The van der Waals surface area contributed by atoms with Crippen molar-refractivity contribution in [3.05, 3.63) is 65.9 Å². The van der Waals surface area contributed by atoms with Crippen molar-refractivity contribution < 1.29 is 9.13 Å². The molecular formula is C17H16FN3O. The first-order valence-electron chi connectivity index (χ1n) is 6.96. The zero-order valence-corrected chi connectivity index (χ0v) is 12.5. The first kappa shape index (κ1) is 14.3. The minimum Gasteiger partial charge on any atom is -0.473 e. The van der Waals surface area contributed by atoms with Crippen molar-refractivity contribution >= 4 is 0 Å². The van der Waals surface area contributed by atoms with Crippen LogP contribution in [0.3, 0.4) is 0 Å². The smallest absolute Gasteiger partial charge is 0.213 e. The second-order valence-electron chi connectivity index (χ2n) is 5.11. The van der Waals surface area contributed by atoms with Crippen molar-refractivity contribution in [3.63, 3.8) is 0 Å². The van der Waals surface area contributed by atoms with Gasteiger partial charge in [0.25, 0.3) is 0 Å². The zero-order chi connectivity index (χ0) is 15.5. The van der Waals surface area contributed by atoms with Crippen LogP contribution in [0.1, 0.15) is 11.3 Å². The molecule has 0 fully saturated rings. The Morgan fingerprint density at radius 1 is 1.18 bits per heavy atom. The molecule has 3 aromatic rings. The molecule has 5 heteroatoms. The molecule has 1 aromatic carbocycles. The van der Waals surface area contributed by atoms with E-state index < -0.39 is 0 Å².